The van der Waals surface area contributed by atoms with Crippen LogP contribution >= 0.6 is 35.2 Å². The van der Waals surface area contributed by atoms with Crippen LogP contribution < -0.4 is 16.1 Å². The zero-order valence-electron chi connectivity index (χ0n) is 34.3. The van der Waals surface area contributed by atoms with Crippen molar-refractivity contribution in [2.24, 2.45) is 32.4 Å². The molecule has 0 saturated heterocycles. The second kappa shape index (κ2) is 27.2. The number of nitrogens with one attached hydrogen (secondary N) is 2. The molecule has 0 aliphatic carbocycles. The zero-order chi connectivity index (χ0) is 42.2. The first-order valence-electron chi connectivity index (χ1n) is 18.6. The van der Waals surface area contributed by atoms with Crippen LogP contribution in [-0.4, -0.2) is 135 Å². The molecule has 0 amide bonds. The van der Waals surface area contributed by atoms with Gasteiger partial charge in [-0.25, -0.2) is 5.09 Å². The summed E-state index contributed by atoms with van der Waals surface area (Å²) in [5, 5.41) is 5.74. The van der Waals surface area contributed by atoms with E-state index in [2.05, 4.69) is 43.1 Å². The molecule has 7 unspecified atom stereocenters. The maximum Gasteiger partial charge on any atom is 0.311 e. The van der Waals surface area contributed by atoms with Gasteiger partial charge in [-0.2, -0.15) is 0 Å². The lowest BCUT2D eigenvalue weighted by Crippen LogP contribution is -2.47. The van der Waals surface area contributed by atoms with Crippen molar-refractivity contribution in [3.05, 3.63) is 0 Å². The molecule has 55 heavy (non-hydrogen) atoms. The first-order chi connectivity index (χ1) is 25.8. The van der Waals surface area contributed by atoms with E-state index < -0.39 is 53.1 Å². The number of carbonyl (C=O) groups is 4. The van der Waals surface area contributed by atoms with Gasteiger partial charge in [0.05, 0.1) is 74.1 Å². The first kappa shape index (κ1) is 53.5. The summed E-state index contributed by atoms with van der Waals surface area (Å²) in [5.74, 6) is -1.98. The Morgan fingerprint density at radius 1 is 0.655 bits per heavy atom. The van der Waals surface area contributed by atoms with Gasteiger partial charge >= 0.3 is 23.9 Å². The Hall–Kier alpha value is -1.49. The van der Waals surface area contributed by atoms with Crippen molar-refractivity contribution in [3.8, 4) is 0 Å². The van der Waals surface area contributed by atoms with Gasteiger partial charge < -0.3 is 44.0 Å². The minimum absolute atomic E-state index is 0.000278. The van der Waals surface area contributed by atoms with E-state index in [0.717, 1.165) is 0 Å². The molecule has 0 aromatic heterocycles. The van der Waals surface area contributed by atoms with E-state index in [0.29, 0.717) is 57.2 Å². The SMILES string of the molecule is CCC(C)(CC(C)(CC(C)(CC(C)(C)C(=O)OCCP)C(=O)OCCP(=O)(NCCOCCOCCNC(N)=NC)OC)C(=O)OCCP)C(=O)OCCP. The second-order valence-electron chi connectivity index (χ2n) is 14.6. The van der Waals surface area contributed by atoms with E-state index in [1.165, 1.54) is 7.11 Å². The summed E-state index contributed by atoms with van der Waals surface area (Å²) in [6.45, 7) is 12.4. The van der Waals surface area contributed by atoms with E-state index in [4.69, 9.17) is 38.7 Å². The molecule has 0 heterocycles. The number of guanidine groups is 1. The molecule has 0 saturated carbocycles. The summed E-state index contributed by atoms with van der Waals surface area (Å²) >= 11 is 0. The fourth-order valence-electron chi connectivity index (χ4n) is 6.13. The molecule has 0 radical (unpaired) electrons. The molecular formula is C35H70N4O12P4. The number of hydrogen-bond acceptors (Lipinski definition) is 13. The Morgan fingerprint density at radius 3 is 1.56 bits per heavy atom. The summed E-state index contributed by atoms with van der Waals surface area (Å²) in [5.41, 5.74) is 0.389. The number of aliphatic imine (C=N–C) groups is 1. The molecule has 0 aliphatic heterocycles. The summed E-state index contributed by atoms with van der Waals surface area (Å²) in [6, 6.07) is 0. The van der Waals surface area contributed by atoms with Crippen LogP contribution in [0.3, 0.4) is 0 Å². The lowest BCUT2D eigenvalue weighted by molar-refractivity contribution is -0.171. The standard InChI is InChI=1S/C35H70N4O12P4/c1-9-33(4,28(41)49-17-21-53)25-35(6,30(43)50-18-22-54)26-34(5,24-32(2,3)27(40)48-16-20-52)29(42)51-19-23-55(44,45-8)39-11-13-47-15-14-46-12-10-38-31(36)37-7/h9-26,52-54H2,1-8H3,(H,39,44)(H3,36,37,38). The highest BCUT2D eigenvalue weighted by atomic mass is 31.2. The van der Waals surface area contributed by atoms with Gasteiger partial charge in [0.1, 0.15) is 6.61 Å². The fourth-order valence-corrected chi connectivity index (χ4v) is 7.72. The smallest absolute Gasteiger partial charge is 0.311 e. The van der Waals surface area contributed by atoms with Crippen molar-refractivity contribution in [1.82, 2.24) is 10.4 Å². The normalized spacial score (nSPS) is 16.5. The third-order valence-electron chi connectivity index (χ3n) is 8.94. The van der Waals surface area contributed by atoms with Crippen LogP contribution in [0.15, 0.2) is 4.99 Å². The molecule has 0 spiro atoms. The van der Waals surface area contributed by atoms with E-state index >= 15 is 0 Å². The number of rotatable bonds is 31. The number of nitrogens with two attached hydrogens (primary N) is 1. The summed E-state index contributed by atoms with van der Waals surface area (Å²) in [4.78, 5) is 58.5. The van der Waals surface area contributed by atoms with Gasteiger partial charge in [-0.05, 0) is 78.8 Å². The predicted molar refractivity (Wildman–Crippen MR) is 224 cm³/mol. The molecular weight excluding hydrogens is 792 g/mol. The van der Waals surface area contributed by atoms with Crippen molar-refractivity contribution in [1.29, 1.82) is 0 Å². The summed E-state index contributed by atoms with van der Waals surface area (Å²) in [7, 11) is 6.91. The lowest BCUT2D eigenvalue weighted by Gasteiger charge is -2.42. The average Bonchev–Trinajstić information content (AvgIpc) is 3.14. The molecule has 0 bridgehead atoms. The number of esters is 4. The Balaban J connectivity index is 6.07. The van der Waals surface area contributed by atoms with Gasteiger partial charge in [0.2, 0.25) is 0 Å². The maximum atomic E-state index is 14.2. The number of nitrogens with zero attached hydrogens (tertiary/aromatic N) is 1. The Labute approximate surface area is 335 Å². The molecule has 0 aromatic rings. The van der Waals surface area contributed by atoms with Crippen molar-refractivity contribution >= 4 is 65.1 Å². The Morgan fingerprint density at radius 2 is 1.09 bits per heavy atom. The monoisotopic (exact) mass is 862 g/mol. The van der Waals surface area contributed by atoms with E-state index in [9.17, 15) is 23.7 Å². The van der Waals surface area contributed by atoms with Gasteiger partial charge in [0, 0.05) is 27.2 Å². The maximum absolute atomic E-state index is 14.2. The molecule has 4 N–H and O–H groups in total. The summed E-state index contributed by atoms with van der Waals surface area (Å²) in [6.07, 6.45) is 1.54. The topological polar surface area (TPSA) is 212 Å². The van der Waals surface area contributed by atoms with Gasteiger partial charge in [-0.3, -0.25) is 28.7 Å². The molecule has 16 nitrogen and oxygen atoms in total. The van der Waals surface area contributed by atoms with E-state index in [1.807, 2.05) is 6.92 Å². The fraction of sp³-hybridized carbons (Fsp3) is 0.857. The lowest BCUT2D eigenvalue weighted by atomic mass is 9.61. The largest absolute Gasteiger partial charge is 0.465 e. The van der Waals surface area contributed by atoms with Crippen molar-refractivity contribution in [2.45, 2.75) is 67.2 Å². The van der Waals surface area contributed by atoms with Crippen LogP contribution in [0.1, 0.15) is 67.2 Å². The zero-order valence-corrected chi connectivity index (χ0v) is 38.7. The minimum atomic E-state index is -3.46. The molecule has 0 rings (SSSR count). The van der Waals surface area contributed by atoms with Crippen LogP contribution in [0, 0.1) is 21.7 Å². The predicted octanol–water partition coefficient (Wildman–Crippen LogP) is 3.41. The highest BCUT2D eigenvalue weighted by Crippen LogP contribution is 2.50. The van der Waals surface area contributed by atoms with E-state index in [-0.39, 0.29) is 65.0 Å². The molecule has 0 fully saturated rings. The molecule has 0 aromatic carbocycles. The van der Waals surface area contributed by atoms with Crippen molar-refractivity contribution in [2.75, 3.05) is 105 Å². The van der Waals surface area contributed by atoms with E-state index in [1.54, 1.807) is 41.7 Å². The van der Waals surface area contributed by atoms with Crippen molar-refractivity contribution in [3.63, 3.8) is 0 Å². The molecule has 20 heteroatoms. The minimum Gasteiger partial charge on any atom is -0.465 e. The molecule has 322 valence electrons. The molecule has 7 atom stereocenters. The highest BCUT2D eigenvalue weighted by molar-refractivity contribution is 7.56. The second-order valence-corrected chi connectivity index (χ2v) is 18.8. The van der Waals surface area contributed by atoms with Crippen LogP contribution in [0.4, 0.5) is 0 Å². The number of hydrogen-bond donors (Lipinski definition) is 3. The number of ether oxygens (including phenoxy) is 6. The van der Waals surface area contributed by atoms with Gasteiger partial charge in [-0.15, -0.1) is 27.7 Å². The quantitative estimate of drug-likeness (QED) is 0.0228. The van der Waals surface area contributed by atoms with Gasteiger partial charge in [-0.1, -0.05) is 6.92 Å². The van der Waals surface area contributed by atoms with Crippen LogP contribution in [0.25, 0.3) is 0 Å². The number of carbonyl (C=O) groups excluding carboxylic acids is 4. The van der Waals surface area contributed by atoms with Crippen LogP contribution in [-0.2, 0) is 56.7 Å². The van der Waals surface area contributed by atoms with Crippen LogP contribution in [0.5, 0.6) is 0 Å². The Kier molecular flexibility index (Phi) is 26.5. The average molecular weight is 863 g/mol. The van der Waals surface area contributed by atoms with Gasteiger partial charge in [0.25, 0.3) is 7.52 Å². The third kappa shape index (κ3) is 20.2. The van der Waals surface area contributed by atoms with Gasteiger partial charge in [0.15, 0.2) is 5.96 Å². The first-order valence-corrected chi connectivity index (χ1v) is 22.8. The molecule has 0 aliphatic rings. The summed E-state index contributed by atoms with van der Waals surface area (Å²) < 4.78 is 52.2. The van der Waals surface area contributed by atoms with Crippen molar-refractivity contribution < 1.29 is 56.7 Å². The van der Waals surface area contributed by atoms with Crippen LogP contribution in [0.2, 0.25) is 0 Å². The Bertz CT molecular complexity index is 1260. The third-order valence-corrected chi connectivity index (χ3v) is 11.7. The highest BCUT2D eigenvalue weighted by Gasteiger charge is 2.53.